The Morgan fingerprint density at radius 1 is 0.947 bits per heavy atom. The second kappa shape index (κ2) is 9.91. The predicted molar refractivity (Wildman–Crippen MR) is 146 cm³/mol. The number of imidazole rings is 1. The van der Waals surface area contributed by atoms with Crippen molar-refractivity contribution in [3.8, 4) is 17.2 Å². The highest BCUT2D eigenvalue weighted by Gasteiger charge is 2.20. The van der Waals surface area contributed by atoms with Crippen molar-refractivity contribution >= 4 is 38.3 Å². The summed E-state index contributed by atoms with van der Waals surface area (Å²) < 4.78 is 35.6. The molecule has 0 fully saturated rings. The van der Waals surface area contributed by atoms with Gasteiger partial charge in [-0.15, -0.1) is 0 Å². The van der Waals surface area contributed by atoms with Crippen molar-refractivity contribution in [1.29, 1.82) is 0 Å². The van der Waals surface area contributed by atoms with E-state index in [1.165, 1.54) is 25.3 Å². The minimum Gasteiger partial charge on any atom is -0.506 e. The third-order valence-corrected chi connectivity index (χ3v) is 7.33. The Balaban J connectivity index is 1.40. The number of aromatic nitrogens is 2. The third-order valence-electron chi connectivity index (χ3n) is 5.97. The van der Waals surface area contributed by atoms with E-state index in [0.29, 0.717) is 16.8 Å². The monoisotopic (exact) mass is 528 g/mol. The lowest BCUT2D eigenvalue weighted by Crippen LogP contribution is -2.15. The number of para-hydroxylation sites is 2. The zero-order chi connectivity index (χ0) is 26.9. The molecule has 0 radical (unpaired) electrons. The first kappa shape index (κ1) is 24.8. The number of hydrogen-bond acceptors (Lipinski definition) is 6. The van der Waals surface area contributed by atoms with Gasteiger partial charge in [0.05, 0.1) is 34.4 Å². The molecule has 0 saturated heterocycles. The number of sulfonamides is 1. The van der Waals surface area contributed by atoms with E-state index in [9.17, 15) is 18.3 Å². The van der Waals surface area contributed by atoms with Gasteiger partial charge in [0.15, 0.2) is 0 Å². The van der Waals surface area contributed by atoms with Crippen LogP contribution in [0.3, 0.4) is 0 Å². The first-order valence-electron chi connectivity index (χ1n) is 11.6. The molecule has 1 amide bonds. The molecule has 1 aromatic heterocycles. The maximum absolute atomic E-state index is 13.0. The molecule has 9 nitrogen and oxygen atoms in total. The van der Waals surface area contributed by atoms with Gasteiger partial charge in [-0.05, 0) is 73.2 Å². The van der Waals surface area contributed by atoms with Gasteiger partial charge in [-0.2, -0.15) is 0 Å². The number of fused-ring (bicyclic) bond motifs is 1. The van der Waals surface area contributed by atoms with Crippen molar-refractivity contribution in [1.82, 2.24) is 9.55 Å². The number of carbonyl (C=O) groups excluding carboxylic acids is 1. The Morgan fingerprint density at radius 3 is 2.55 bits per heavy atom. The van der Waals surface area contributed by atoms with E-state index in [2.05, 4.69) is 15.0 Å². The van der Waals surface area contributed by atoms with Crippen molar-refractivity contribution in [2.24, 2.45) is 0 Å². The molecule has 0 saturated carbocycles. The highest BCUT2D eigenvalue weighted by molar-refractivity contribution is 7.92. The molecule has 38 heavy (non-hydrogen) atoms. The van der Waals surface area contributed by atoms with E-state index < -0.39 is 15.9 Å². The highest BCUT2D eigenvalue weighted by Crippen LogP contribution is 2.30. The summed E-state index contributed by atoms with van der Waals surface area (Å²) >= 11 is 0. The van der Waals surface area contributed by atoms with Crippen molar-refractivity contribution < 1.29 is 23.1 Å². The molecule has 10 heteroatoms. The van der Waals surface area contributed by atoms with Crippen molar-refractivity contribution in [3.05, 3.63) is 102 Å². The van der Waals surface area contributed by atoms with Crippen molar-refractivity contribution in [3.63, 3.8) is 0 Å². The van der Waals surface area contributed by atoms with Crippen molar-refractivity contribution in [2.45, 2.75) is 11.8 Å². The zero-order valence-electron chi connectivity index (χ0n) is 20.5. The van der Waals surface area contributed by atoms with Crippen LogP contribution >= 0.6 is 0 Å². The number of phenolic OH excluding ortho intramolecular Hbond substituents is 1. The molecule has 5 aromatic rings. The Labute approximate surface area is 219 Å². The maximum Gasteiger partial charge on any atom is 0.262 e. The van der Waals surface area contributed by atoms with Gasteiger partial charge in [0.25, 0.3) is 15.9 Å². The number of aromatic hydroxyl groups is 1. The highest BCUT2D eigenvalue weighted by atomic mass is 32.2. The Bertz CT molecular complexity index is 1780. The third kappa shape index (κ3) is 4.89. The summed E-state index contributed by atoms with van der Waals surface area (Å²) in [4.78, 5) is 17.3. The number of ether oxygens (including phenoxy) is 1. The summed E-state index contributed by atoms with van der Waals surface area (Å²) in [7, 11) is -2.61. The van der Waals surface area contributed by atoms with Crippen LogP contribution in [0.25, 0.3) is 16.7 Å². The molecule has 5 rings (SSSR count). The van der Waals surface area contributed by atoms with Gasteiger partial charge in [0.2, 0.25) is 0 Å². The average Bonchev–Trinajstić information content (AvgIpc) is 3.33. The van der Waals surface area contributed by atoms with Gasteiger partial charge in [-0.3, -0.25) is 14.1 Å². The van der Waals surface area contributed by atoms with Crippen LogP contribution in [-0.4, -0.2) is 36.1 Å². The van der Waals surface area contributed by atoms with E-state index in [4.69, 9.17) is 4.74 Å². The van der Waals surface area contributed by atoms with Crippen LogP contribution in [0.4, 0.5) is 11.4 Å². The zero-order valence-corrected chi connectivity index (χ0v) is 21.4. The van der Waals surface area contributed by atoms with E-state index in [0.717, 1.165) is 16.8 Å². The molecular formula is C28H24N4O5S. The number of nitrogens with zero attached hydrogens (tertiary/aromatic N) is 2. The quantitative estimate of drug-likeness (QED) is 0.253. The van der Waals surface area contributed by atoms with Gasteiger partial charge in [0.1, 0.15) is 17.8 Å². The molecule has 0 spiro atoms. The largest absolute Gasteiger partial charge is 0.506 e. The molecule has 0 unspecified atom stereocenters. The summed E-state index contributed by atoms with van der Waals surface area (Å²) in [6, 6.07) is 23.3. The van der Waals surface area contributed by atoms with Crippen LogP contribution in [0.15, 0.2) is 96.2 Å². The Hall–Kier alpha value is -4.83. The Kier molecular flexibility index (Phi) is 6.48. The van der Waals surface area contributed by atoms with Crippen LogP contribution in [0.5, 0.6) is 11.5 Å². The summed E-state index contributed by atoms with van der Waals surface area (Å²) in [6.07, 6.45) is 1.69. The van der Waals surface area contributed by atoms with Crippen LogP contribution in [0.1, 0.15) is 15.9 Å². The van der Waals surface area contributed by atoms with E-state index in [1.807, 2.05) is 35.8 Å². The van der Waals surface area contributed by atoms with E-state index in [-0.39, 0.29) is 22.0 Å². The number of nitrogens with one attached hydrogen (secondary N) is 2. The van der Waals surface area contributed by atoms with Crippen LogP contribution in [-0.2, 0) is 10.0 Å². The number of anilines is 2. The van der Waals surface area contributed by atoms with Crippen LogP contribution in [0, 0.1) is 6.92 Å². The van der Waals surface area contributed by atoms with E-state index in [1.54, 1.807) is 48.8 Å². The molecule has 4 aromatic carbocycles. The molecule has 192 valence electrons. The Morgan fingerprint density at radius 2 is 1.76 bits per heavy atom. The van der Waals surface area contributed by atoms with Gasteiger partial charge in [-0.1, -0.05) is 24.3 Å². The maximum atomic E-state index is 13.0. The summed E-state index contributed by atoms with van der Waals surface area (Å²) in [6.45, 7) is 2.01. The van der Waals surface area contributed by atoms with Gasteiger partial charge in [0, 0.05) is 11.3 Å². The minimum atomic E-state index is -4.05. The summed E-state index contributed by atoms with van der Waals surface area (Å²) in [5.74, 6) is -0.456. The second-order valence-corrected chi connectivity index (χ2v) is 10.3. The number of hydrogen-bond donors (Lipinski definition) is 3. The normalized spacial score (nSPS) is 11.3. The smallest absolute Gasteiger partial charge is 0.262 e. The van der Waals surface area contributed by atoms with Crippen molar-refractivity contribution in [2.75, 3.05) is 17.1 Å². The molecular weight excluding hydrogens is 504 g/mol. The SMILES string of the molecule is COc1ccccc1NS(=O)(=O)c1ccc(O)c(NC(=O)c2ccc3c(c2)ncn3-c2cccc(C)c2)c1. The average molecular weight is 529 g/mol. The molecule has 0 bridgehead atoms. The number of methoxy groups -OCH3 is 1. The predicted octanol–water partition coefficient (Wildman–Crippen LogP) is 5.10. The van der Waals surface area contributed by atoms with Gasteiger partial charge < -0.3 is 15.2 Å². The molecule has 0 atom stereocenters. The molecule has 3 N–H and O–H groups in total. The minimum absolute atomic E-state index is 0.0525. The fourth-order valence-corrected chi connectivity index (χ4v) is 5.14. The lowest BCUT2D eigenvalue weighted by atomic mass is 10.1. The second-order valence-electron chi connectivity index (χ2n) is 8.60. The van der Waals surface area contributed by atoms with Gasteiger partial charge >= 0.3 is 0 Å². The standard InChI is InChI=1S/C28H24N4O5S/c1-18-6-5-7-20(14-18)32-17-29-23-15-19(10-12-25(23)32)28(34)30-24-16-21(11-13-26(24)33)38(35,36)31-22-8-3-4-9-27(22)37-2/h3-17,31,33H,1-2H3,(H,30,34). The van der Waals surface area contributed by atoms with Gasteiger partial charge in [-0.25, -0.2) is 13.4 Å². The first-order chi connectivity index (χ1) is 18.2. The number of aryl methyl sites for hydroxylation is 1. The summed E-state index contributed by atoms with van der Waals surface area (Å²) in [5, 5.41) is 12.9. The summed E-state index contributed by atoms with van der Waals surface area (Å²) in [5.41, 5.74) is 4.00. The number of carbonyl (C=O) groups is 1. The number of phenols is 1. The number of rotatable bonds is 7. The number of amides is 1. The van der Waals surface area contributed by atoms with Crippen LogP contribution in [0.2, 0.25) is 0 Å². The molecule has 0 aliphatic heterocycles. The lowest BCUT2D eigenvalue weighted by Gasteiger charge is -2.13. The molecule has 0 aliphatic rings. The topological polar surface area (TPSA) is 123 Å². The molecule has 1 heterocycles. The molecule has 0 aliphatic carbocycles. The number of benzene rings is 4. The first-order valence-corrected chi connectivity index (χ1v) is 13.1. The fourth-order valence-electron chi connectivity index (χ4n) is 4.05. The fraction of sp³-hybridized carbons (Fsp3) is 0.0714. The van der Waals surface area contributed by atoms with E-state index >= 15 is 0 Å². The lowest BCUT2D eigenvalue weighted by molar-refractivity contribution is 0.102. The van der Waals surface area contributed by atoms with Crippen LogP contribution < -0.4 is 14.8 Å².